The number of hydrogen-bond donors (Lipinski definition) is 3. The molecular weight excluding hydrogens is 472 g/mol. The zero-order valence-electron chi connectivity index (χ0n) is 20.3. The van der Waals surface area contributed by atoms with Gasteiger partial charge in [-0.25, -0.2) is 19.5 Å². The maximum absolute atomic E-state index is 10.6. The average Bonchev–Trinajstić information content (AvgIpc) is 3.56. The fourth-order valence-corrected chi connectivity index (χ4v) is 4.75. The standard InChI is InChI=1S/C25H26N10O2/c1-16(11-26)31-20-10-23(35-24-18(12-30-35)9-19(27-2)13-29-24)28-14-22(20)34-15-21(32-33-34)17-3-5-25(37,6-4-17)7-8-36/h9-10,12-17,36-37H,3-8H2,1H3,(H,28,31)/t16-,17?,25?/m1/s1. The molecule has 0 aromatic carbocycles. The van der Waals surface area contributed by atoms with Gasteiger partial charge in [-0.05, 0) is 45.1 Å². The van der Waals surface area contributed by atoms with Gasteiger partial charge in [-0.2, -0.15) is 15.0 Å². The van der Waals surface area contributed by atoms with Crippen LogP contribution in [0.15, 0.2) is 36.9 Å². The second kappa shape index (κ2) is 9.93. The Balaban J connectivity index is 1.46. The molecule has 12 heteroatoms. The van der Waals surface area contributed by atoms with E-state index in [1.54, 1.807) is 40.8 Å². The number of nitriles is 1. The van der Waals surface area contributed by atoms with Gasteiger partial charge in [0.05, 0.1) is 48.2 Å². The van der Waals surface area contributed by atoms with Crippen LogP contribution in [0.25, 0.3) is 27.4 Å². The van der Waals surface area contributed by atoms with E-state index >= 15 is 0 Å². The van der Waals surface area contributed by atoms with E-state index in [1.165, 1.54) is 6.20 Å². The van der Waals surface area contributed by atoms with Gasteiger partial charge >= 0.3 is 0 Å². The normalized spacial score (nSPS) is 20.3. The lowest BCUT2D eigenvalue weighted by atomic mass is 9.76. The molecule has 0 amide bonds. The minimum atomic E-state index is -0.811. The summed E-state index contributed by atoms with van der Waals surface area (Å²) in [5.41, 5.74) is 2.25. The maximum atomic E-state index is 10.6. The van der Waals surface area contributed by atoms with Crippen LogP contribution >= 0.6 is 0 Å². The fraction of sp³-hybridized carbons (Fsp3) is 0.400. The quantitative estimate of drug-likeness (QED) is 0.326. The van der Waals surface area contributed by atoms with Crippen molar-refractivity contribution in [3.8, 4) is 17.6 Å². The van der Waals surface area contributed by atoms with Gasteiger partial charge in [-0.3, -0.25) is 0 Å². The van der Waals surface area contributed by atoms with Crippen molar-refractivity contribution in [3.05, 3.63) is 54.0 Å². The molecule has 1 atom stereocenters. The molecule has 37 heavy (non-hydrogen) atoms. The smallest absolute Gasteiger partial charge is 0.205 e. The molecule has 3 N–H and O–H groups in total. The minimum Gasteiger partial charge on any atom is -0.396 e. The van der Waals surface area contributed by atoms with E-state index in [-0.39, 0.29) is 12.5 Å². The summed E-state index contributed by atoms with van der Waals surface area (Å²) in [6.45, 7) is 8.91. The van der Waals surface area contributed by atoms with Crippen molar-refractivity contribution in [2.75, 3.05) is 11.9 Å². The number of pyridine rings is 2. The summed E-state index contributed by atoms with van der Waals surface area (Å²) in [6.07, 6.45) is 9.75. The van der Waals surface area contributed by atoms with Gasteiger partial charge in [0.25, 0.3) is 0 Å². The lowest BCUT2D eigenvalue weighted by Crippen LogP contribution is -2.34. The first-order chi connectivity index (χ1) is 17.9. The molecule has 0 spiro atoms. The SMILES string of the molecule is [C-]#[N+]c1cnc2c(cnn2-c2cc(N[C@H](C)C#N)c(-n3cc(C4CCC(O)(CCO)CC4)nn3)cn2)c1. The van der Waals surface area contributed by atoms with Gasteiger partial charge in [0.2, 0.25) is 5.69 Å². The Labute approximate surface area is 213 Å². The minimum absolute atomic E-state index is 0.0241. The van der Waals surface area contributed by atoms with Crippen LogP contribution in [0.4, 0.5) is 11.4 Å². The molecule has 1 fully saturated rings. The van der Waals surface area contributed by atoms with E-state index in [1.807, 2.05) is 6.20 Å². The lowest BCUT2D eigenvalue weighted by Gasteiger charge is -2.34. The van der Waals surface area contributed by atoms with Crippen molar-refractivity contribution in [2.24, 2.45) is 0 Å². The Bertz CT molecular complexity index is 1500. The first-order valence-electron chi connectivity index (χ1n) is 12.1. The summed E-state index contributed by atoms with van der Waals surface area (Å²) in [4.78, 5) is 12.4. The van der Waals surface area contributed by atoms with Crippen LogP contribution in [-0.4, -0.2) is 63.2 Å². The summed E-state index contributed by atoms with van der Waals surface area (Å²) in [5, 5.41) is 46.2. The maximum Gasteiger partial charge on any atom is 0.205 e. The molecule has 5 rings (SSSR count). The topological polar surface area (TPSA) is 155 Å². The van der Waals surface area contributed by atoms with Crippen LogP contribution in [0.2, 0.25) is 0 Å². The predicted molar refractivity (Wildman–Crippen MR) is 134 cm³/mol. The molecule has 1 aliphatic carbocycles. The Hall–Kier alpha value is -4.39. The van der Waals surface area contributed by atoms with Crippen LogP contribution in [0, 0.1) is 17.9 Å². The summed E-state index contributed by atoms with van der Waals surface area (Å²) < 4.78 is 3.21. The first-order valence-corrected chi connectivity index (χ1v) is 12.1. The van der Waals surface area contributed by atoms with Crippen molar-refractivity contribution < 1.29 is 10.2 Å². The van der Waals surface area contributed by atoms with Gasteiger partial charge in [0.1, 0.15) is 11.7 Å². The van der Waals surface area contributed by atoms with E-state index in [4.69, 9.17) is 6.57 Å². The molecule has 0 radical (unpaired) electrons. The molecule has 0 saturated heterocycles. The van der Waals surface area contributed by atoms with E-state index in [2.05, 4.69) is 41.6 Å². The average molecular weight is 499 g/mol. The van der Waals surface area contributed by atoms with Crippen LogP contribution in [0.1, 0.15) is 50.6 Å². The zero-order valence-corrected chi connectivity index (χ0v) is 20.3. The Morgan fingerprint density at radius 3 is 2.81 bits per heavy atom. The fourth-order valence-electron chi connectivity index (χ4n) is 4.75. The van der Waals surface area contributed by atoms with Crippen LogP contribution in [0.5, 0.6) is 0 Å². The van der Waals surface area contributed by atoms with Gasteiger partial charge in [-0.1, -0.05) is 5.21 Å². The number of hydrogen-bond acceptors (Lipinski definition) is 9. The Kier molecular flexibility index (Phi) is 6.53. The molecule has 4 aromatic rings. The van der Waals surface area contributed by atoms with E-state index in [0.29, 0.717) is 47.8 Å². The van der Waals surface area contributed by atoms with Gasteiger partial charge in [0.15, 0.2) is 11.5 Å². The summed E-state index contributed by atoms with van der Waals surface area (Å²) in [7, 11) is 0. The van der Waals surface area contributed by atoms with Crippen molar-refractivity contribution in [1.29, 1.82) is 5.26 Å². The second-order valence-electron chi connectivity index (χ2n) is 9.39. The van der Waals surface area contributed by atoms with Crippen LogP contribution < -0.4 is 5.32 Å². The van der Waals surface area contributed by atoms with E-state index < -0.39 is 11.6 Å². The molecule has 4 aromatic heterocycles. The third-order valence-electron chi connectivity index (χ3n) is 6.84. The molecule has 1 saturated carbocycles. The predicted octanol–water partition coefficient (Wildman–Crippen LogP) is 3.04. The third kappa shape index (κ3) is 4.85. The number of anilines is 1. The third-order valence-corrected chi connectivity index (χ3v) is 6.84. The Morgan fingerprint density at radius 2 is 2.08 bits per heavy atom. The van der Waals surface area contributed by atoms with Crippen molar-refractivity contribution in [2.45, 2.75) is 56.6 Å². The number of nitrogens with one attached hydrogen (secondary N) is 1. The molecule has 188 valence electrons. The molecule has 0 bridgehead atoms. The number of fused-ring (bicyclic) bond motifs is 1. The summed E-state index contributed by atoms with van der Waals surface area (Å²) >= 11 is 0. The molecule has 0 unspecified atom stereocenters. The number of aliphatic hydroxyl groups is 2. The van der Waals surface area contributed by atoms with E-state index in [9.17, 15) is 15.5 Å². The molecule has 0 aliphatic heterocycles. The molecular formula is C25H26N10O2. The van der Waals surface area contributed by atoms with Gasteiger partial charge in [0, 0.05) is 30.2 Å². The summed E-state index contributed by atoms with van der Waals surface area (Å²) in [5.74, 6) is 0.654. The number of nitrogens with zero attached hydrogens (tertiary/aromatic N) is 9. The monoisotopic (exact) mass is 498 g/mol. The van der Waals surface area contributed by atoms with Crippen molar-refractivity contribution in [1.82, 2.24) is 34.7 Å². The number of aliphatic hydroxyl groups excluding tert-OH is 1. The molecule has 1 aliphatic rings. The van der Waals surface area contributed by atoms with Crippen molar-refractivity contribution >= 4 is 22.4 Å². The largest absolute Gasteiger partial charge is 0.396 e. The lowest BCUT2D eigenvalue weighted by molar-refractivity contribution is -0.0206. The first kappa shape index (κ1) is 24.3. The zero-order chi connectivity index (χ0) is 26.0. The van der Waals surface area contributed by atoms with Gasteiger partial charge in [-0.15, -0.1) is 5.10 Å². The van der Waals surface area contributed by atoms with Crippen LogP contribution in [-0.2, 0) is 0 Å². The number of aromatic nitrogens is 7. The summed E-state index contributed by atoms with van der Waals surface area (Å²) in [6, 6.07) is 5.20. The van der Waals surface area contributed by atoms with Gasteiger partial charge < -0.3 is 15.5 Å². The molecule has 12 nitrogen and oxygen atoms in total. The Morgan fingerprint density at radius 1 is 1.27 bits per heavy atom. The highest BCUT2D eigenvalue weighted by atomic mass is 16.3. The molecule has 4 heterocycles. The number of rotatable bonds is 7. The van der Waals surface area contributed by atoms with E-state index in [0.717, 1.165) is 23.9 Å². The highest BCUT2D eigenvalue weighted by molar-refractivity contribution is 5.80. The van der Waals surface area contributed by atoms with Crippen LogP contribution in [0.3, 0.4) is 0 Å². The van der Waals surface area contributed by atoms with Crippen molar-refractivity contribution in [3.63, 3.8) is 0 Å². The second-order valence-corrected chi connectivity index (χ2v) is 9.39. The highest BCUT2D eigenvalue weighted by Gasteiger charge is 2.34. The highest BCUT2D eigenvalue weighted by Crippen LogP contribution is 2.39.